The zero-order chi connectivity index (χ0) is 16.1. The van der Waals surface area contributed by atoms with Gasteiger partial charge in [0.1, 0.15) is 0 Å². The molecule has 0 radical (unpaired) electrons. The lowest BCUT2D eigenvalue weighted by atomic mass is 10.1. The number of carbonyl (C=O) groups is 1. The van der Waals surface area contributed by atoms with Gasteiger partial charge >= 0.3 is 0 Å². The molecule has 0 aliphatic rings. The van der Waals surface area contributed by atoms with E-state index in [0.717, 1.165) is 42.1 Å². The number of ether oxygens (including phenoxy) is 1. The summed E-state index contributed by atoms with van der Waals surface area (Å²) in [5.41, 5.74) is 10.3. The van der Waals surface area contributed by atoms with Gasteiger partial charge in [0, 0.05) is 25.5 Å². The van der Waals surface area contributed by atoms with Crippen LogP contribution in [0.25, 0.3) is 11.3 Å². The number of nitrogens with two attached hydrogens (primary N) is 1. The van der Waals surface area contributed by atoms with Gasteiger partial charge in [0.15, 0.2) is 0 Å². The smallest absolute Gasteiger partial charge is 0.250 e. The molecule has 22 heavy (non-hydrogen) atoms. The molecule has 0 saturated heterocycles. The van der Waals surface area contributed by atoms with Crippen molar-refractivity contribution in [2.45, 2.75) is 33.7 Å². The van der Waals surface area contributed by atoms with Crippen molar-refractivity contribution in [2.75, 3.05) is 13.2 Å². The molecule has 2 rings (SSSR count). The summed E-state index contributed by atoms with van der Waals surface area (Å²) in [4.78, 5) is 11.8. The van der Waals surface area contributed by atoms with Crippen molar-refractivity contribution < 1.29 is 9.53 Å². The van der Waals surface area contributed by atoms with E-state index in [0.29, 0.717) is 12.2 Å². The Kier molecular flexibility index (Phi) is 5.39. The minimum absolute atomic E-state index is 0.365. The Bertz CT molecular complexity index is 645. The summed E-state index contributed by atoms with van der Waals surface area (Å²) in [5, 5.41) is 0. The molecule has 0 bridgehead atoms. The molecular formula is C18H24N2O2. The maximum atomic E-state index is 11.8. The zero-order valence-corrected chi connectivity index (χ0v) is 13.6. The van der Waals surface area contributed by atoms with E-state index in [1.54, 1.807) is 0 Å². The Morgan fingerprint density at radius 3 is 2.50 bits per heavy atom. The number of hydrogen-bond donors (Lipinski definition) is 1. The Morgan fingerprint density at radius 2 is 1.91 bits per heavy atom. The van der Waals surface area contributed by atoms with Crippen LogP contribution in [-0.4, -0.2) is 23.7 Å². The molecule has 0 fully saturated rings. The van der Waals surface area contributed by atoms with E-state index >= 15 is 0 Å². The van der Waals surface area contributed by atoms with Crippen molar-refractivity contribution in [3.8, 4) is 11.3 Å². The second-order valence-corrected chi connectivity index (χ2v) is 5.37. The number of hydrogen-bond acceptors (Lipinski definition) is 2. The van der Waals surface area contributed by atoms with Gasteiger partial charge in [-0.15, -0.1) is 0 Å². The first-order chi connectivity index (χ1) is 10.6. The summed E-state index contributed by atoms with van der Waals surface area (Å²) < 4.78 is 7.60. The van der Waals surface area contributed by atoms with Gasteiger partial charge in [0.25, 0.3) is 5.91 Å². The number of carbonyl (C=O) groups excluding carboxylic acids is 1. The maximum Gasteiger partial charge on any atom is 0.250 e. The molecule has 118 valence electrons. The highest BCUT2D eigenvalue weighted by molar-refractivity contribution is 5.97. The maximum absolute atomic E-state index is 11.8. The monoisotopic (exact) mass is 300 g/mol. The number of nitrogens with zero attached hydrogens (tertiary/aromatic N) is 1. The second-order valence-electron chi connectivity index (χ2n) is 5.37. The van der Waals surface area contributed by atoms with Crippen LogP contribution in [0.4, 0.5) is 0 Å². The molecule has 2 aromatic rings. The number of benzene rings is 1. The molecule has 0 atom stereocenters. The van der Waals surface area contributed by atoms with Gasteiger partial charge in [-0.25, -0.2) is 0 Å². The average Bonchev–Trinajstić information content (AvgIpc) is 2.75. The molecule has 2 N–H and O–H groups in total. The first-order valence-corrected chi connectivity index (χ1v) is 7.70. The van der Waals surface area contributed by atoms with Crippen LogP contribution < -0.4 is 5.73 Å². The van der Waals surface area contributed by atoms with Gasteiger partial charge in [-0.2, -0.15) is 0 Å². The molecular weight excluding hydrogens is 276 g/mol. The largest absolute Gasteiger partial charge is 0.382 e. The quantitative estimate of drug-likeness (QED) is 0.798. The van der Waals surface area contributed by atoms with Crippen molar-refractivity contribution in [1.29, 1.82) is 0 Å². The van der Waals surface area contributed by atoms with Crippen molar-refractivity contribution in [2.24, 2.45) is 5.73 Å². The first-order valence-electron chi connectivity index (χ1n) is 7.70. The standard InChI is InChI=1S/C18H24N2O2/c1-4-22-12-8-11-20-14(3)16(18(19)21)13(2)17(20)15-9-6-5-7-10-15/h5-7,9-10H,4,8,11-12H2,1-3H3,(H2,19,21). The molecule has 0 aliphatic carbocycles. The third-order valence-corrected chi connectivity index (χ3v) is 3.93. The summed E-state index contributed by atoms with van der Waals surface area (Å²) in [6, 6.07) is 10.1. The van der Waals surface area contributed by atoms with E-state index in [-0.39, 0.29) is 5.91 Å². The lowest BCUT2D eigenvalue weighted by Gasteiger charge is -2.12. The van der Waals surface area contributed by atoms with Crippen LogP contribution in [-0.2, 0) is 11.3 Å². The van der Waals surface area contributed by atoms with Crippen molar-refractivity contribution in [3.63, 3.8) is 0 Å². The summed E-state index contributed by atoms with van der Waals surface area (Å²) in [6.45, 7) is 8.17. The number of aromatic nitrogens is 1. The molecule has 1 amide bonds. The van der Waals surface area contributed by atoms with Gasteiger partial charge in [0.2, 0.25) is 0 Å². The topological polar surface area (TPSA) is 57.2 Å². The van der Waals surface area contributed by atoms with E-state index in [4.69, 9.17) is 10.5 Å². The van der Waals surface area contributed by atoms with Crippen LogP contribution in [0.2, 0.25) is 0 Å². The third-order valence-electron chi connectivity index (χ3n) is 3.93. The molecule has 0 unspecified atom stereocenters. The van der Waals surface area contributed by atoms with Gasteiger partial charge in [-0.05, 0) is 38.3 Å². The first kappa shape index (κ1) is 16.3. The Labute approximate surface area is 131 Å². The predicted molar refractivity (Wildman–Crippen MR) is 89.0 cm³/mol. The molecule has 4 nitrogen and oxygen atoms in total. The SMILES string of the molecule is CCOCCCn1c(C)c(C(N)=O)c(C)c1-c1ccccc1. The van der Waals surface area contributed by atoms with Crippen LogP contribution in [0.5, 0.6) is 0 Å². The van der Waals surface area contributed by atoms with Crippen molar-refractivity contribution in [3.05, 3.63) is 47.2 Å². The fourth-order valence-electron chi connectivity index (χ4n) is 2.97. The van der Waals surface area contributed by atoms with Crippen LogP contribution in [0.1, 0.15) is 35.0 Å². The van der Waals surface area contributed by atoms with Crippen LogP contribution in [0.15, 0.2) is 30.3 Å². The van der Waals surface area contributed by atoms with E-state index in [9.17, 15) is 4.79 Å². The van der Waals surface area contributed by atoms with Crippen LogP contribution >= 0.6 is 0 Å². The fraction of sp³-hybridized carbons (Fsp3) is 0.389. The lowest BCUT2D eigenvalue weighted by Crippen LogP contribution is -2.13. The van der Waals surface area contributed by atoms with E-state index in [1.165, 1.54) is 0 Å². The van der Waals surface area contributed by atoms with Crippen molar-refractivity contribution in [1.82, 2.24) is 4.57 Å². The van der Waals surface area contributed by atoms with Crippen LogP contribution in [0, 0.1) is 13.8 Å². The number of rotatable bonds is 7. The highest BCUT2D eigenvalue weighted by atomic mass is 16.5. The van der Waals surface area contributed by atoms with E-state index < -0.39 is 0 Å². The zero-order valence-electron chi connectivity index (χ0n) is 13.6. The normalized spacial score (nSPS) is 10.9. The molecule has 4 heteroatoms. The van der Waals surface area contributed by atoms with Crippen molar-refractivity contribution >= 4 is 5.91 Å². The molecule has 0 spiro atoms. The second kappa shape index (κ2) is 7.27. The molecule has 0 saturated carbocycles. The van der Waals surface area contributed by atoms with E-state index in [2.05, 4.69) is 16.7 Å². The minimum Gasteiger partial charge on any atom is -0.382 e. The summed E-state index contributed by atoms with van der Waals surface area (Å²) >= 11 is 0. The minimum atomic E-state index is -0.365. The van der Waals surface area contributed by atoms with Crippen LogP contribution in [0.3, 0.4) is 0 Å². The molecule has 1 aromatic heterocycles. The Morgan fingerprint density at radius 1 is 1.23 bits per heavy atom. The lowest BCUT2D eigenvalue weighted by molar-refractivity contribution is 0.0999. The predicted octanol–water partition coefficient (Wildman–Crippen LogP) is 3.30. The molecule has 1 heterocycles. The summed E-state index contributed by atoms with van der Waals surface area (Å²) in [5.74, 6) is -0.365. The summed E-state index contributed by atoms with van der Waals surface area (Å²) in [7, 11) is 0. The molecule has 0 aliphatic heterocycles. The Hall–Kier alpha value is -2.07. The van der Waals surface area contributed by atoms with Gasteiger partial charge in [0.05, 0.1) is 11.3 Å². The fourth-order valence-corrected chi connectivity index (χ4v) is 2.97. The number of primary amides is 1. The van der Waals surface area contributed by atoms with E-state index in [1.807, 2.05) is 39.0 Å². The third kappa shape index (κ3) is 3.22. The highest BCUT2D eigenvalue weighted by Gasteiger charge is 2.21. The van der Waals surface area contributed by atoms with Gasteiger partial charge in [-0.1, -0.05) is 30.3 Å². The number of amides is 1. The summed E-state index contributed by atoms with van der Waals surface area (Å²) in [6.07, 6.45) is 0.904. The average molecular weight is 300 g/mol. The van der Waals surface area contributed by atoms with Gasteiger partial charge < -0.3 is 15.0 Å². The highest BCUT2D eigenvalue weighted by Crippen LogP contribution is 2.31. The molecule has 1 aromatic carbocycles. The Balaban J connectivity index is 2.45. The van der Waals surface area contributed by atoms with Gasteiger partial charge in [-0.3, -0.25) is 4.79 Å².